The van der Waals surface area contributed by atoms with Gasteiger partial charge in [0.2, 0.25) is 0 Å². The number of halogens is 1. The van der Waals surface area contributed by atoms with Crippen LogP contribution in [0, 0.1) is 12.7 Å². The average molecular weight is 496 g/mol. The molecule has 1 aliphatic heterocycles. The summed E-state index contributed by atoms with van der Waals surface area (Å²) >= 11 is 5.53. The van der Waals surface area contributed by atoms with Gasteiger partial charge < -0.3 is 14.4 Å². The minimum Gasteiger partial charge on any atom is -0.460 e. The third kappa shape index (κ3) is 5.88. The van der Waals surface area contributed by atoms with Crippen molar-refractivity contribution in [2.45, 2.75) is 57.8 Å². The number of ether oxygens (including phenoxy) is 2. The molecule has 3 aromatic rings. The highest BCUT2D eigenvalue weighted by molar-refractivity contribution is 7.80. The molecule has 1 aliphatic rings. The quantitative estimate of drug-likeness (QED) is 0.415. The first-order valence-corrected chi connectivity index (χ1v) is 12.0. The summed E-state index contributed by atoms with van der Waals surface area (Å²) in [5.41, 5.74) is 1.59. The number of thiocarbonyl (C=S) groups is 1. The zero-order chi connectivity index (χ0) is 25.2. The monoisotopic (exact) mass is 495 g/mol. The minimum atomic E-state index is -0.707. The second-order valence-corrected chi connectivity index (χ2v) is 10.2. The molecule has 0 saturated carbocycles. The highest BCUT2D eigenvalue weighted by Crippen LogP contribution is 2.40. The highest BCUT2D eigenvalue weighted by atomic mass is 32.1. The number of carbonyl (C=O) groups is 1. The van der Waals surface area contributed by atoms with Crippen LogP contribution < -0.4 is 0 Å². The van der Waals surface area contributed by atoms with E-state index in [1.54, 1.807) is 41.2 Å². The lowest BCUT2D eigenvalue weighted by atomic mass is 9.92. The van der Waals surface area contributed by atoms with Crippen LogP contribution in [-0.2, 0) is 9.47 Å². The largest absolute Gasteiger partial charge is 0.460 e. The zero-order valence-corrected chi connectivity index (χ0v) is 21.2. The Bertz CT molecular complexity index is 1180. The molecule has 1 amide bonds. The van der Waals surface area contributed by atoms with Crippen molar-refractivity contribution in [2.24, 2.45) is 0 Å². The van der Waals surface area contributed by atoms with Crippen molar-refractivity contribution in [3.05, 3.63) is 89.8 Å². The molecule has 1 saturated heterocycles. The van der Waals surface area contributed by atoms with Crippen LogP contribution in [0.25, 0.3) is 0 Å². The summed E-state index contributed by atoms with van der Waals surface area (Å²) < 4.78 is 28.3. The number of carbonyl (C=O) groups excluding carboxylic acids is 1. The summed E-state index contributed by atoms with van der Waals surface area (Å²) in [7, 11) is 0. The Kier molecular flexibility index (Phi) is 7.21. The van der Waals surface area contributed by atoms with Crippen molar-refractivity contribution >= 4 is 23.5 Å². The zero-order valence-electron chi connectivity index (χ0n) is 20.3. The fourth-order valence-electron chi connectivity index (χ4n) is 4.34. The van der Waals surface area contributed by atoms with Gasteiger partial charge in [-0.2, -0.15) is 0 Å². The van der Waals surface area contributed by atoms with Gasteiger partial charge in [-0.15, -0.1) is 0 Å². The molecule has 184 valence electrons. The third-order valence-corrected chi connectivity index (χ3v) is 6.37. The molecule has 0 bridgehead atoms. The number of aromatic nitrogens is 2. The maximum atomic E-state index is 14.6. The normalized spacial score (nSPS) is 18.8. The van der Waals surface area contributed by atoms with E-state index in [1.165, 1.54) is 6.07 Å². The van der Waals surface area contributed by atoms with Gasteiger partial charge in [-0.1, -0.05) is 42.5 Å². The Morgan fingerprint density at radius 1 is 1.20 bits per heavy atom. The van der Waals surface area contributed by atoms with E-state index in [0.29, 0.717) is 24.1 Å². The molecule has 0 radical (unpaired) electrons. The van der Waals surface area contributed by atoms with E-state index < -0.39 is 23.8 Å². The number of benzene rings is 2. The van der Waals surface area contributed by atoms with Gasteiger partial charge in [-0.05, 0) is 69.1 Å². The van der Waals surface area contributed by atoms with Gasteiger partial charge in [0.1, 0.15) is 23.8 Å². The first-order chi connectivity index (χ1) is 16.6. The smallest absolute Gasteiger partial charge is 0.410 e. The molecule has 1 fully saturated rings. The Balaban J connectivity index is 1.73. The van der Waals surface area contributed by atoms with Crippen molar-refractivity contribution < 1.29 is 18.7 Å². The molecule has 35 heavy (non-hydrogen) atoms. The predicted octanol–water partition coefficient (Wildman–Crippen LogP) is 6.01. The van der Waals surface area contributed by atoms with Gasteiger partial charge in [0, 0.05) is 24.9 Å². The number of rotatable bonds is 4. The SMILES string of the molecule is Cc1ccc(C(OC(=S)n2ccnc2)[C@@H]2C[C@@H](c3ccccc3)CN2C(=O)OC(C)(C)C)cc1F. The van der Waals surface area contributed by atoms with E-state index in [-0.39, 0.29) is 16.9 Å². The van der Waals surface area contributed by atoms with Gasteiger partial charge in [-0.3, -0.25) is 4.57 Å². The molecule has 6 nitrogen and oxygen atoms in total. The van der Waals surface area contributed by atoms with Gasteiger partial charge in [0.15, 0.2) is 0 Å². The molecule has 2 aromatic carbocycles. The summed E-state index contributed by atoms with van der Waals surface area (Å²) in [5, 5.41) is 0.167. The Labute approximate surface area is 210 Å². The summed E-state index contributed by atoms with van der Waals surface area (Å²) in [6.45, 7) is 7.67. The summed E-state index contributed by atoms with van der Waals surface area (Å²) in [5.74, 6) is -0.275. The summed E-state index contributed by atoms with van der Waals surface area (Å²) in [6.07, 6.45) is 4.29. The molecule has 8 heteroatoms. The van der Waals surface area contributed by atoms with E-state index in [9.17, 15) is 9.18 Å². The lowest BCUT2D eigenvalue weighted by Gasteiger charge is -2.33. The van der Waals surface area contributed by atoms with Crippen molar-refractivity contribution in [2.75, 3.05) is 6.54 Å². The average Bonchev–Trinajstić information content (AvgIpc) is 3.49. The topological polar surface area (TPSA) is 56.6 Å². The van der Waals surface area contributed by atoms with Crippen molar-refractivity contribution in [3.8, 4) is 0 Å². The van der Waals surface area contributed by atoms with Crippen LogP contribution in [0.3, 0.4) is 0 Å². The maximum absolute atomic E-state index is 14.6. The molecule has 1 aromatic heterocycles. The first kappa shape index (κ1) is 24.9. The van der Waals surface area contributed by atoms with Crippen molar-refractivity contribution in [3.63, 3.8) is 0 Å². The lowest BCUT2D eigenvalue weighted by molar-refractivity contribution is 0.00700. The van der Waals surface area contributed by atoms with Crippen LogP contribution in [0.2, 0.25) is 0 Å². The fraction of sp³-hybridized carbons (Fsp3) is 0.370. The number of hydrogen-bond donors (Lipinski definition) is 0. The van der Waals surface area contributed by atoms with Crippen molar-refractivity contribution in [1.82, 2.24) is 14.5 Å². The van der Waals surface area contributed by atoms with E-state index in [0.717, 1.165) is 5.56 Å². The van der Waals surface area contributed by atoms with Crippen LogP contribution in [-0.4, -0.2) is 43.9 Å². The third-order valence-electron chi connectivity index (χ3n) is 6.06. The van der Waals surface area contributed by atoms with E-state index >= 15 is 0 Å². The van der Waals surface area contributed by atoms with Gasteiger partial charge in [-0.25, -0.2) is 14.2 Å². The van der Waals surface area contributed by atoms with Crippen LogP contribution >= 0.6 is 12.2 Å². The van der Waals surface area contributed by atoms with E-state index in [2.05, 4.69) is 17.1 Å². The summed E-state index contributed by atoms with van der Waals surface area (Å²) in [6, 6.07) is 14.6. The minimum absolute atomic E-state index is 0.0666. The molecule has 0 aliphatic carbocycles. The Morgan fingerprint density at radius 2 is 1.94 bits per heavy atom. The Morgan fingerprint density at radius 3 is 2.57 bits per heavy atom. The van der Waals surface area contributed by atoms with Crippen LogP contribution in [0.4, 0.5) is 9.18 Å². The highest BCUT2D eigenvalue weighted by Gasteiger charge is 2.44. The molecule has 2 heterocycles. The number of hydrogen-bond acceptors (Lipinski definition) is 5. The van der Waals surface area contributed by atoms with Gasteiger partial charge in [0.25, 0.3) is 5.17 Å². The van der Waals surface area contributed by atoms with Gasteiger partial charge in [0.05, 0.1) is 6.04 Å². The number of amides is 1. The molecule has 0 N–H and O–H groups in total. The number of likely N-dealkylation sites (tertiary alicyclic amines) is 1. The molecular formula is C27H30FN3O3S. The standard InChI is InChI=1S/C27H30FN3O3S/c1-18-10-11-20(14-22(18)28)24(33-26(35)30-13-12-29-17-30)23-15-21(19-8-6-5-7-9-19)16-31(23)25(32)34-27(2,3)4/h5-14,17,21,23-24H,15-16H2,1-4H3/t21-,23+,24?/m1/s1. The second-order valence-electron chi connectivity index (χ2n) is 9.83. The number of imidazole rings is 1. The van der Waals surface area contributed by atoms with E-state index in [1.807, 2.05) is 45.0 Å². The number of aryl methyl sites for hydroxylation is 1. The molecular weight excluding hydrogens is 465 g/mol. The molecule has 4 rings (SSSR count). The van der Waals surface area contributed by atoms with Gasteiger partial charge >= 0.3 is 6.09 Å². The van der Waals surface area contributed by atoms with E-state index in [4.69, 9.17) is 21.7 Å². The predicted molar refractivity (Wildman–Crippen MR) is 136 cm³/mol. The first-order valence-electron chi connectivity index (χ1n) is 11.6. The number of nitrogens with zero attached hydrogens (tertiary/aromatic N) is 3. The molecule has 0 spiro atoms. The molecule has 3 atom stereocenters. The second kappa shape index (κ2) is 10.2. The maximum Gasteiger partial charge on any atom is 0.410 e. The lowest BCUT2D eigenvalue weighted by Crippen LogP contribution is -2.43. The van der Waals surface area contributed by atoms with Crippen LogP contribution in [0.15, 0.2) is 67.3 Å². The van der Waals surface area contributed by atoms with Crippen LogP contribution in [0.5, 0.6) is 0 Å². The fourth-order valence-corrected chi connectivity index (χ4v) is 4.55. The van der Waals surface area contributed by atoms with Crippen LogP contribution in [0.1, 0.15) is 55.9 Å². The summed E-state index contributed by atoms with van der Waals surface area (Å²) in [4.78, 5) is 19.1. The molecule has 1 unspecified atom stereocenters. The Hall–Kier alpha value is -3.26. The van der Waals surface area contributed by atoms with Crippen molar-refractivity contribution in [1.29, 1.82) is 0 Å².